The van der Waals surface area contributed by atoms with E-state index < -0.39 is 0 Å². The van der Waals surface area contributed by atoms with Crippen molar-refractivity contribution in [2.24, 2.45) is 0 Å². The molecule has 0 saturated heterocycles. The summed E-state index contributed by atoms with van der Waals surface area (Å²) in [4.78, 5) is 7.95. The molecule has 0 radical (unpaired) electrons. The molecule has 2 N–H and O–H groups in total. The van der Waals surface area contributed by atoms with Gasteiger partial charge in [0.2, 0.25) is 0 Å². The van der Waals surface area contributed by atoms with Crippen molar-refractivity contribution in [3.8, 4) is 0 Å². The second-order valence-corrected chi connectivity index (χ2v) is 4.27. The maximum atomic E-state index is 9.22. The van der Waals surface area contributed by atoms with Gasteiger partial charge in [-0.2, -0.15) is 0 Å². The van der Waals surface area contributed by atoms with Crippen LogP contribution in [0, 0.1) is 0 Å². The van der Waals surface area contributed by atoms with Gasteiger partial charge in [0, 0.05) is 6.20 Å². The van der Waals surface area contributed by atoms with Crippen LogP contribution in [-0.4, -0.2) is 27.2 Å². The number of aliphatic hydroxyl groups excluding tert-OH is 1. The molecule has 0 aromatic carbocycles. The summed E-state index contributed by atoms with van der Waals surface area (Å²) < 4.78 is 0.799. The highest BCUT2D eigenvalue weighted by atomic mass is 79.9. The summed E-state index contributed by atoms with van der Waals surface area (Å²) in [6, 6.07) is 0. The smallest absolute Gasteiger partial charge is 0.144 e. The first kappa shape index (κ1) is 11.4. The van der Waals surface area contributed by atoms with E-state index in [0.29, 0.717) is 5.82 Å². The van der Waals surface area contributed by atoms with Gasteiger partial charge in [-0.1, -0.05) is 6.92 Å². The van der Waals surface area contributed by atoms with Crippen molar-refractivity contribution < 1.29 is 5.11 Å². The lowest BCUT2D eigenvalue weighted by molar-refractivity contribution is 0.218. The number of nitrogens with one attached hydrogen (secondary N) is 1. The quantitative estimate of drug-likeness (QED) is 0.866. The van der Waals surface area contributed by atoms with Crippen molar-refractivity contribution in [2.75, 3.05) is 11.9 Å². The van der Waals surface area contributed by atoms with Crippen LogP contribution in [0.25, 0.3) is 0 Å². The summed E-state index contributed by atoms with van der Waals surface area (Å²) in [5, 5.41) is 12.4. The first-order chi connectivity index (χ1) is 6.61. The van der Waals surface area contributed by atoms with Crippen LogP contribution >= 0.6 is 15.9 Å². The highest BCUT2D eigenvalue weighted by molar-refractivity contribution is 9.10. The van der Waals surface area contributed by atoms with Gasteiger partial charge in [0.05, 0.1) is 16.6 Å². The van der Waals surface area contributed by atoms with Crippen molar-refractivity contribution in [3.63, 3.8) is 0 Å². The molecule has 0 bridgehead atoms. The normalized spacial score (nSPS) is 14.9. The molecule has 78 valence electrons. The molecule has 1 unspecified atom stereocenters. The van der Waals surface area contributed by atoms with Gasteiger partial charge in [0.25, 0.3) is 0 Å². The maximum absolute atomic E-state index is 9.22. The number of anilines is 1. The highest BCUT2D eigenvalue weighted by Gasteiger charge is 2.21. The maximum Gasteiger partial charge on any atom is 0.144 e. The Morgan fingerprint density at radius 1 is 1.64 bits per heavy atom. The van der Waals surface area contributed by atoms with Gasteiger partial charge in [0.1, 0.15) is 12.1 Å². The average Bonchev–Trinajstić information content (AvgIpc) is 2.21. The minimum atomic E-state index is -0.336. The molecule has 0 spiro atoms. The molecule has 4 nitrogen and oxygen atoms in total. The molecule has 5 heteroatoms. The number of rotatable bonds is 4. The molecular formula is C9H14BrN3O. The van der Waals surface area contributed by atoms with Crippen molar-refractivity contribution >= 4 is 21.7 Å². The van der Waals surface area contributed by atoms with Gasteiger partial charge < -0.3 is 10.4 Å². The molecule has 0 aliphatic rings. The number of aliphatic hydroxyl groups is 1. The van der Waals surface area contributed by atoms with Crippen LogP contribution < -0.4 is 5.32 Å². The Morgan fingerprint density at radius 3 is 2.86 bits per heavy atom. The van der Waals surface area contributed by atoms with E-state index in [9.17, 15) is 5.11 Å². The van der Waals surface area contributed by atoms with E-state index in [1.54, 1.807) is 6.20 Å². The van der Waals surface area contributed by atoms with Crippen LogP contribution in [0.2, 0.25) is 0 Å². The van der Waals surface area contributed by atoms with E-state index in [1.165, 1.54) is 6.33 Å². The van der Waals surface area contributed by atoms with Crippen molar-refractivity contribution in [3.05, 3.63) is 17.0 Å². The molecule has 1 heterocycles. The summed E-state index contributed by atoms with van der Waals surface area (Å²) in [7, 11) is 0. The van der Waals surface area contributed by atoms with Crippen molar-refractivity contribution in [1.82, 2.24) is 9.97 Å². The molecule has 1 aromatic heterocycles. The first-order valence-corrected chi connectivity index (χ1v) is 5.25. The van der Waals surface area contributed by atoms with Crippen molar-refractivity contribution in [1.29, 1.82) is 0 Å². The van der Waals surface area contributed by atoms with Crippen LogP contribution in [-0.2, 0) is 0 Å². The SMILES string of the molecule is CCC(C)(CO)Nc1ncncc1Br. The van der Waals surface area contributed by atoms with Gasteiger partial charge >= 0.3 is 0 Å². The highest BCUT2D eigenvalue weighted by Crippen LogP contribution is 2.22. The summed E-state index contributed by atoms with van der Waals surface area (Å²) in [6.07, 6.45) is 3.96. The zero-order valence-corrected chi connectivity index (χ0v) is 9.87. The predicted molar refractivity (Wildman–Crippen MR) is 59.1 cm³/mol. The van der Waals surface area contributed by atoms with Crippen LogP contribution in [0.3, 0.4) is 0 Å². The predicted octanol–water partition coefficient (Wildman–Crippen LogP) is 1.81. The molecule has 1 aromatic rings. The number of hydrogen-bond acceptors (Lipinski definition) is 4. The largest absolute Gasteiger partial charge is 0.394 e. The zero-order valence-electron chi connectivity index (χ0n) is 8.29. The number of hydrogen-bond donors (Lipinski definition) is 2. The Kier molecular flexibility index (Phi) is 3.83. The average molecular weight is 260 g/mol. The van der Waals surface area contributed by atoms with E-state index in [0.717, 1.165) is 10.9 Å². The molecule has 0 fully saturated rings. The number of halogens is 1. The Bertz CT molecular complexity index is 302. The minimum Gasteiger partial charge on any atom is -0.394 e. The third-order valence-electron chi connectivity index (χ3n) is 2.22. The Morgan fingerprint density at radius 2 is 2.36 bits per heavy atom. The molecule has 1 atom stereocenters. The minimum absolute atomic E-state index is 0.0694. The van der Waals surface area contributed by atoms with Gasteiger partial charge in [-0.15, -0.1) is 0 Å². The topological polar surface area (TPSA) is 58.0 Å². The second kappa shape index (κ2) is 4.70. The molecular weight excluding hydrogens is 246 g/mol. The Labute approximate surface area is 91.9 Å². The van der Waals surface area contributed by atoms with Gasteiger partial charge in [-0.05, 0) is 29.3 Å². The van der Waals surface area contributed by atoms with Crippen LogP contribution in [0.4, 0.5) is 5.82 Å². The van der Waals surface area contributed by atoms with Gasteiger partial charge in [-0.25, -0.2) is 9.97 Å². The van der Waals surface area contributed by atoms with Crippen LogP contribution in [0.1, 0.15) is 20.3 Å². The first-order valence-electron chi connectivity index (χ1n) is 4.46. The van der Waals surface area contributed by atoms with Crippen molar-refractivity contribution in [2.45, 2.75) is 25.8 Å². The third kappa shape index (κ3) is 2.65. The van der Waals surface area contributed by atoms with Gasteiger partial charge in [-0.3, -0.25) is 0 Å². The fraction of sp³-hybridized carbons (Fsp3) is 0.556. The number of nitrogens with zero attached hydrogens (tertiary/aromatic N) is 2. The third-order valence-corrected chi connectivity index (χ3v) is 2.80. The molecule has 0 amide bonds. The van der Waals surface area contributed by atoms with E-state index in [2.05, 4.69) is 31.2 Å². The Hall–Kier alpha value is -0.680. The standard InChI is InChI=1S/C9H14BrN3O/c1-3-9(2,5-14)13-8-7(10)4-11-6-12-8/h4,6,14H,3,5H2,1-2H3,(H,11,12,13). The molecule has 0 aliphatic heterocycles. The van der Waals surface area contributed by atoms with Crippen LogP contribution in [0.15, 0.2) is 17.0 Å². The molecule has 0 aliphatic carbocycles. The monoisotopic (exact) mass is 259 g/mol. The lowest BCUT2D eigenvalue weighted by Crippen LogP contribution is -2.38. The second-order valence-electron chi connectivity index (χ2n) is 3.42. The summed E-state index contributed by atoms with van der Waals surface area (Å²) >= 11 is 3.34. The lowest BCUT2D eigenvalue weighted by atomic mass is 10.0. The fourth-order valence-electron chi connectivity index (χ4n) is 0.930. The van der Waals surface area contributed by atoms with Gasteiger partial charge in [0.15, 0.2) is 0 Å². The molecule has 1 rings (SSSR count). The molecule has 0 saturated carbocycles. The van der Waals surface area contributed by atoms with E-state index in [4.69, 9.17) is 0 Å². The van der Waals surface area contributed by atoms with E-state index in [-0.39, 0.29) is 12.1 Å². The lowest BCUT2D eigenvalue weighted by Gasteiger charge is -2.28. The van der Waals surface area contributed by atoms with E-state index in [1.807, 2.05) is 13.8 Å². The number of aromatic nitrogens is 2. The summed E-state index contributed by atoms with van der Waals surface area (Å²) in [5.41, 5.74) is -0.336. The van der Waals surface area contributed by atoms with E-state index >= 15 is 0 Å². The summed E-state index contributed by atoms with van der Waals surface area (Å²) in [5.74, 6) is 0.707. The Balaban J connectivity index is 2.82. The fourth-order valence-corrected chi connectivity index (χ4v) is 1.25. The zero-order chi connectivity index (χ0) is 10.6. The van der Waals surface area contributed by atoms with Crippen LogP contribution in [0.5, 0.6) is 0 Å². The molecule has 14 heavy (non-hydrogen) atoms. The summed E-state index contributed by atoms with van der Waals surface area (Å²) in [6.45, 7) is 4.03.